The summed E-state index contributed by atoms with van der Waals surface area (Å²) in [6.45, 7) is 4.22. The van der Waals surface area contributed by atoms with Crippen LogP contribution in [0.2, 0.25) is 0 Å². The number of para-hydroxylation sites is 4. The Balaban J connectivity index is 1.34. The van der Waals surface area contributed by atoms with Gasteiger partial charge in [0.15, 0.2) is 23.0 Å². The molecular weight excluding hydrogens is 564 g/mol. The molecule has 0 aromatic heterocycles. The van der Waals surface area contributed by atoms with Gasteiger partial charge in [0.2, 0.25) is 0 Å². The normalized spacial score (nSPS) is 15.5. The molecule has 0 radical (unpaired) electrons. The zero-order valence-electron chi connectivity index (χ0n) is 28.3. The van der Waals surface area contributed by atoms with E-state index in [4.69, 9.17) is 23.7 Å². The summed E-state index contributed by atoms with van der Waals surface area (Å²) in [5, 5.41) is 11.7. The summed E-state index contributed by atoms with van der Waals surface area (Å²) in [5.74, 6) is 2.52. The second kappa shape index (κ2) is 23.8. The van der Waals surface area contributed by atoms with Crippen molar-refractivity contribution >= 4 is 0 Å². The highest BCUT2D eigenvalue weighted by molar-refractivity contribution is 5.40. The third kappa shape index (κ3) is 16.6. The number of hydrogen-bond acceptors (Lipinski definition) is 6. The number of unbranched alkanes of at least 4 members (excludes halogenated alkanes) is 17. The van der Waals surface area contributed by atoms with Crippen LogP contribution < -0.4 is 18.9 Å². The summed E-state index contributed by atoms with van der Waals surface area (Å²) >= 11 is 0. The van der Waals surface area contributed by atoms with E-state index < -0.39 is 5.60 Å². The van der Waals surface area contributed by atoms with Gasteiger partial charge in [0.05, 0.1) is 13.2 Å². The van der Waals surface area contributed by atoms with E-state index in [1.165, 1.54) is 103 Å². The maximum absolute atomic E-state index is 11.7. The minimum Gasteiger partial charge on any atom is -0.487 e. The molecule has 0 unspecified atom stereocenters. The maximum Gasteiger partial charge on any atom is 0.161 e. The van der Waals surface area contributed by atoms with Gasteiger partial charge in [-0.25, -0.2) is 0 Å². The van der Waals surface area contributed by atoms with E-state index in [1.54, 1.807) is 0 Å². The maximum atomic E-state index is 11.7. The van der Waals surface area contributed by atoms with E-state index in [2.05, 4.69) is 6.92 Å². The summed E-state index contributed by atoms with van der Waals surface area (Å²) in [6, 6.07) is 15.2. The minimum absolute atomic E-state index is 0.117. The Hall–Kier alpha value is -2.44. The van der Waals surface area contributed by atoms with Crippen LogP contribution in [0.1, 0.15) is 129 Å². The standard InChI is InChI=1S/C39H62O6/c1-2-3-4-5-6-7-8-9-10-11-12-13-14-15-16-17-18-23-28-39(40)33-44-37-26-21-19-24-35(37)42-31-29-41-30-32-43-36-25-20-22-27-38(36)45-34-39/h19-22,24-27,40H,2-18,23,28-34H2,1H3. The summed E-state index contributed by atoms with van der Waals surface area (Å²) in [5.41, 5.74) is -1.14. The molecule has 6 nitrogen and oxygen atoms in total. The number of aliphatic hydroxyl groups is 1. The molecule has 254 valence electrons. The fraction of sp³-hybridized carbons (Fsp3) is 0.692. The summed E-state index contributed by atoms with van der Waals surface area (Å²) in [7, 11) is 0. The molecule has 0 saturated heterocycles. The Morgan fingerprint density at radius 2 is 0.800 bits per heavy atom. The molecule has 3 rings (SSSR count). The second-order valence-electron chi connectivity index (χ2n) is 12.8. The highest BCUT2D eigenvalue weighted by Gasteiger charge is 2.30. The SMILES string of the molecule is CCCCCCCCCCCCCCCCCCCCC1(O)COc2ccccc2OCCOCCOc2ccccc2OC1. The lowest BCUT2D eigenvalue weighted by Crippen LogP contribution is -2.42. The van der Waals surface area contributed by atoms with Crippen LogP contribution in [0.25, 0.3) is 0 Å². The van der Waals surface area contributed by atoms with Gasteiger partial charge in [-0.05, 0) is 30.7 Å². The van der Waals surface area contributed by atoms with Crippen molar-refractivity contribution < 1.29 is 28.8 Å². The third-order valence-electron chi connectivity index (χ3n) is 8.66. The monoisotopic (exact) mass is 626 g/mol. The number of benzene rings is 2. The fourth-order valence-electron chi connectivity index (χ4n) is 5.87. The first-order valence-electron chi connectivity index (χ1n) is 18.2. The van der Waals surface area contributed by atoms with Gasteiger partial charge in [0.25, 0.3) is 0 Å². The van der Waals surface area contributed by atoms with Gasteiger partial charge in [-0.15, -0.1) is 0 Å². The van der Waals surface area contributed by atoms with Crippen LogP contribution in [0.15, 0.2) is 48.5 Å². The van der Waals surface area contributed by atoms with Crippen LogP contribution in [0.5, 0.6) is 23.0 Å². The summed E-state index contributed by atoms with van der Waals surface area (Å²) in [4.78, 5) is 0. The lowest BCUT2D eigenvalue weighted by atomic mass is 9.96. The van der Waals surface area contributed by atoms with Gasteiger partial charge < -0.3 is 28.8 Å². The van der Waals surface area contributed by atoms with E-state index in [9.17, 15) is 5.11 Å². The molecule has 45 heavy (non-hydrogen) atoms. The molecule has 1 aliphatic heterocycles. The van der Waals surface area contributed by atoms with Crippen LogP contribution in [0.3, 0.4) is 0 Å². The number of ether oxygens (including phenoxy) is 5. The van der Waals surface area contributed by atoms with Gasteiger partial charge >= 0.3 is 0 Å². The predicted molar refractivity (Wildman–Crippen MR) is 184 cm³/mol. The average Bonchev–Trinajstić information content (AvgIpc) is 3.06. The van der Waals surface area contributed by atoms with E-state index in [-0.39, 0.29) is 13.2 Å². The topological polar surface area (TPSA) is 66.4 Å². The Morgan fingerprint density at radius 3 is 1.18 bits per heavy atom. The Bertz CT molecular complexity index is 940. The number of fused-ring (bicyclic) bond motifs is 2. The van der Waals surface area contributed by atoms with Gasteiger partial charge in [-0.1, -0.05) is 147 Å². The second-order valence-corrected chi connectivity index (χ2v) is 12.8. The zero-order valence-corrected chi connectivity index (χ0v) is 28.3. The number of hydrogen-bond donors (Lipinski definition) is 1. The molecule has 0 bridgehead atoms. The molecule has 0 aliphatic carbocycles. The molecule has 0 saturated carbocycles. The first-order chi connectivity index (χ1) is 22.2. The minimum atomic E-state index is -1.14. The van der Waals surface area contributed by atoms with Crippen molar-refractivity contribution in [2.75, 3.05) is 39.6 Å². The molecule has 1 aliphatic rings. The largest absolute Gasteiger partial charge is 0.487 e. The van der Waals surface area contributed by atoms with Crippen LogP contribution in [0, 0.1) is 0 Å². The smallest absolute Gasteiger partial charge is 0.161 e. The van der Waals surface area contributed by atoms with Crippen LogP contribution in [-0.2, 0) is 4.74 Å². The highest BCUT2D eigenvalue weighted by Crippen LogP contribution is 2.31. The average molecular weight is 627 g/mol. The molecule has 0 amide bonds. The number of rotatable bonds is 19. The molecule has 2 aromatic carbocycles. The van der Waals surface area contributed by atoms with E-state index >= 15 is 0 Å². The van der Waals surface area contributed by atoms with Crippen molar-refractivity contribution in [3.63, 3.8) is 0 Å². The van der Waals surface area contributed by atoms with Crippen molar-refractivity contribution in [2.24, 2.45) is 0 Å². The van der Waals surface area contributed by atoms with Gasteiger partial charge in [-0.2, -0.15) is 0 Å². The van der Waals surface area contributed by atoms with E-state index in [0.29, 0.717) is 55.8 Å². The van der Waals surface area contributed by atoms with Crippen LogP contribution in [0.4, 0.5) is 0 Å². The Morgan fingerprint density at radius 1 is 0.467 bits per heavy atom. The zero-order chi connectivity index (χ0) is 31.7. The van der Waals surface area contributed by atoms with Gasteiger partial charge in [0.1, 0.15) is 32.0 Å². The first kappa shape index (κ1) is 37.0. The lowest BCUT2D eigenvalue weighted by Gasteiger charge is -2.29. The lowest BCUT2D eigenvalue weighted by molar-refractivity contribution is -0.0486. The van der Waals surface area contributed by atoms with E-state index in [1.807, 2.05) is 48.5 Å². The summed E-state index contributed by atoms with van der Waals surface area (Å²) < 4.78 is 29.8. The molecule has 1 N–H and O–H groups in total. The predicted octanol–water partition coefficient (Wildman–Crippen LogP) is 10.1. The van der Waals surface area contributed by atoms with E-state index in [0.717, 1.165) is 12.8 Å². The van der Waals surface area contributed by atoms with Crippen molar-refractivity contribution in [2.45, 2.75) is 135 Å². The Kier molecular flexibility index (Phi) is 19.6. The Labute approximate surface area is 274 Å². The molecule has 6 heteroatoms. The third-order valence-corrected chi connectivity index (χ3v) is 8.66. The van der Waals surface area contributed by atoms with Crippen molar-refractivity contribution in [3.05, 3.63) is 48.5 Å². The molecule has 0 atom stereocenters. The highest BCUT2D eigenvalue weighted by atomic mass is 16.6. The molecule has 0 spiro atoms. The molecule has 1 heterocycles. The quantitative estimate of drug-likeness (QED) is 0.157. The molecular formula is C39H62O6. The molecule has 2 aromatic rings. The summed E-state index contributed by atoms with van der Waals surface area (Å²) in [6.07, 6.45) is 24.7. The van der Waals surface area contributed by atoms with Crippen molar-refractivity contribution in [1.82, 2.24) is 0 Å². The van der Waals surface area contributed by atoms with Crippen molar-refractivity contribution in [1.29, 1.82) is 0 Å². The van der Waals surface area contributed by atoms with Crippen LogP contribution in [-0.4, -0.2) is 50.3 Å². The van der Waals surface area contributed by atoms with Crippen LogP contribution >= 0.6 is 0 Å². The van der Waals surface area contributed by atoms with Crippen molar-refractivity contribution in [3.8, 4) is 23.0 Å². The van der Waals surface area contributed by atoms with Gasteiger partial charge in [0, 0.05) is 0 Å². The molecule has 0 fully saturated rings. The first-order valence-corrected chi connectivity index (χ1v) is 18.2. The fourth-order valence-corrected chi connectivity index (χ4v) is 5.87. The van der Waals surface area contributed by atoms with Gasteiger partial charge in [-0.3, -0.25) is 0 Å².